The van der Waals surface area contributed by atoms with Crippen molar-refractivity contribution in [3.05, 3.63) is 65.2 Å². The van der Waals surface area contributed by atoms with Crippen LogP contribution in [0.1, 0.15) is 24.5 Å². The monoisotopic (exact) mass is 319 g/mol. The molecule has 4 heteroatoms. The molecule has 0 spiro atoms. The summed E-state index contributed by atoms with van der Waals surface area (Å²) in [6, 6.07) is 11.3. The minimum Gasteiger partial charge on any atom is -0.505 e. The van der Waals surface area contributed by atoms with Gasteiger partial charge in [-0.3, -0.25) is 0 Å². The van der Waals surface area contributed by atoms with E-state index >= 15 is 0 Å². The van der Waals surface area contributed by atoms with Crippen molar-refractivity contribution < 1.29 is 13.9 Å². The van der Waals surface area contributed by atoms with E-state index in [-0.39, 0.29) is 11.6 Å². The number of nitrogens with zero attached hydrogens (tertiary/aromatic N) is 1. The van der Waals surface area contributed by atoms with Gasteiger partial charge in [0.15, 0.2) is 11.6 Å². The molecule has 2 nitrogen and oxygen atoms in total. The van der Waals surface area contributed by atoms with Gasteiger partial charge in [0.05, 0.1) is 0 Å². The number of benzene rings is 2. The second-order valence-corrected chi connectivity index (χ2v) is 5.72. The molecule has 23 heavy (non-hydrogen) atoms. The van der Waals surface area contributed by atoms with Crippen LogP contribution in [0, 0.1) is 11.6 Å². The highest BCUT2D eigenvalue weighted by molar-refractivity contribution is 5.28. The summed E-state index contributed by atoms with van der Waals surface area (Å²) in [5.41, 5.74) is 1.58. The maximum Gasteiger partial charge on any atom is 0.165 e. The predicted molar refractivity (Wildman–Crippen MR) is 88.6 cm³/mol. The van der Waals surface area contributed by atoms with Crippen LogP contribution in [0.15, 0.2) is 42.5 Å². The Bertz CT molecular complexity index is 631. The van der Waals surface area contributed by atoms with Crippen LogP contribution in [0.2, 0.25) is 0 Å². The van der Waals surface area contributed by atoms with Crippen LogP contribution in [0.3, 0.4) is 0 Å². The molecule has 0 bridgehead atoms. The molecule has 0 saturated heterocycles. The van der Waals surface area contributed by atoms with Crippen molar-refractivity contribution in [2.45, 2.75) is 26.2 Å². The molecule has 2 aromatic carbocycles. The molecule has 0 aliphatic heterocycles. The summed E-state index contributed by atoms with van der Waals surface area (Å²) in [6.07, 6.45) is 2.38. The molecule has 0 aromatic heterocycles. The maximum atomic E-state index is 13.7. The molecule has 0 fully saturated rings. The molecule has 0 atom stereocenters. The highest BCUT2D eigenvalue weighted by Gasteiger charge is 2.08. The molecule has 1 N–H and O–H groups in total. The lowest BCUT2D eigenvalue weighted by atomic mass is 10.1. The fraction of sp³-hybridized carbons (Fsp3) is 0.368. The predicted octanol–water partition coefficient (Wildman–Crippen LogP) is 4.17. The lowest BCUT2D eigenvalue weighted by Gasteiger charge is -2.22. The Hall–Kier alpha value is -1.94. The van der Waals surface area contributed by atoms with Gasteiger partial charge in [0.25, 0.3) is 0 Å². The third-order valence-corrected chi connectivity index (χ3v) is 3.92. The number of aromatic hydroxyl groups is 1. The lowest BCUT2D eigenvalue weighted by Crippen LogP contribution is -2.29. The molecule has 0 saturated carbocycles. The van der Waals surface area contributed by atoms with Gasteiger partial charge in [-0.1, -0.05) is 31.2 Å². The number of phenolic OH excluding ortho intramolecular Hbond substituents is 1. The molecule has 2 rings (SSSR count). The van der Waals surface area contributed by atoms with Gasteiger partial charge in [0.2, 0.25) is 0 Å². The summed E-state index contributed by atoms with van der Waals surface area (Å²) in [5, 5.41) is 9.22. The largest absolute Gasteiger partial charge is 0.505 e. The van der Waals surface area contributed by atoms with E-state index in [0.717, 1.165) is 37.2 Å². The molecule has 0 aliphatic rings. The van der Waals surface area contributed by atoms with Crippen LogP contribution >= 0.6 is 0 Å². The molecular formula is C19H23F2NO. The Morgan fingerprint density at radius 2 is 1.65 bits per heavy atom. The maximum absolute atomic E-state index is 13.7. The van der Waals surface area contributed by atoms with Crippen LogP contribution < -0.4 is 0 Å². The Labute approximate surface area is 136 Å². The van der Waals surface area contributed by atoms with Crippen LogP contribution in [0.5, 0.6) is 5.75 Å². The van der Waals surface area contributed by atoms with Gasteiger partial charge < -0.3 is 10.0 Å². The van der Waals surface area contributed by atoms with Crippen molar-refractivity contribution in [1.29, 1.82) is 0 Å². The van der Waals surface area contributed by atoms with Crippen molar-refractivity contribution >= 4 is 0 Å². The highest BCUT2D eigenvalue weighted by atomic mass is 19.1. The van der Waals surface area contributed by atoms with Gasteiger partial charge in [-0.05, 0) is 55.1 Å². The second-order valence-electron chi connectivity index (χ2n) is 5.72. The molecule has 0 amide bonds. The molecule has 0 aliphatic carbocycles. The van der Waals surface area contributed by atoms with Crippen molar-refractivity contribution in [2.24, 2.45) is 0 Å². The Morgan fingerprint density at radius 1 is 0.913 bits per heavy atom. The second kappa shape index (κ2) is 8.63. The van der Waals surface area contributed by atoms with E-state index in [0.29, 0.717) is 12.8 Å². The van der Waals surface area contributed by atoms with E-state index in [1.165, 1.54) is 18.2 Å². The van der Waals surface area contributed by atoms with E-state index in [9.17, 15) is 13.9 Å². The number of phenols is 1. The molecule has 0 heterocycles. The third kappa shape index (κ3) is 5.32. The van der Waals surface area contributed by atoms with E-state index in [1.807, 2.05) is 12.1 Å². The van der Waals surface area contributed by atoms with Crippen molar-refractivity contribution in [3.63, 3.8) is 0 Å². The van der Waals surface area contributed by atoms with Gasteiger partial charge in [-0.2, -0.15) is 0 Å². The molecule has 0 radical (unpaired) electrons. The molecule has 2 aromatic rings. The van der Waals surface area contributed by atoms with Crippen molar-refractivity contribution in [3.8, 4) is 5.75 Å². The summed E-state index contributed by atoms with van der Waals surface area (Å²) in [5.74, 6) is -1.07. The van der Waals surface area contributed by atoms with E-state index in [2.05, 4.69) is 11.8 Å². The van der Waals surface area contributed by atoms with Crippen LogP contribution in [0.4, 0.5) is 8.78 Å². The zero-order valence-electron chi connectivity index (χ0n) is 13.4. The van der Waals surface area contributed by atoms with Crippen LogP contribution in [-0.2, 0) is 12.8 Å². The van der Waals surface area contributed by atoms with Gasteiger partial charge in [-0.15, -0.1) is 0 Å². The van der Waals surface area contributed by atoms with E-state index < -0.39 is 5.82 Å². The fourth-order valence-electron chi connectivity index (χ4n) is 2.62. The number of rotatable bonds is 8. The van der Waals surface area contributed by atoms with Gasteiger partial charge in [0, 0.05) is 13.1 Å². The first kappa shape index (κ1) is 17.4. The average molecular weight is 319 g/mol. The highest BCUT2D eigenvalue weighted by Crippen LogP contribution is 2.17. The molecular weight excluding hydrogens is 296 g/mol. The van der Waals surface area contributed by atoms with Crippen LogP contribution in [0.25, 0.3) is 0 Å². The van der Waals surface area contributed by atoms with E-state index in [4.69, 9.17) is 0 Å². The molecule has 124 valence electrons. The van der Waals surface area contributed by atoms with Gasteiger partial charge >= 0.3 is 0 Å². The Kier molecular flexibility index (Phi) is 6.53. The zero-order chi connectivity index (χ0) is 16.7. The normalized spacial score (nSPS) is 11.1. The van der Waals surface area contributed by atoms with Gasteiger partial charge in [-0.25, -0.2) is 8.78 Å². The minimum absolute atomic E-state index is 0.162. The quantitative estimate of drug-likeness (QED) is 0.789. The number of hydrogen-bond donors (Lipinski definition) is 1. The SMILES string of the molecule is CCCN(CCc1ccc(O)c(F)c1)CCc1ccccc1F. The summed E-state index contributed by atoms with van der Waals surface area (Å²) in [4.78, 5) is 2.26. The first-order chi connectivity index (χ1) is 11.1. The number of halogens is 2. The smallest absolute Gasteiger partial charge is 0.165 e. The zero-order valence-corrected chi connectivity index (χ0v) is 13.4. The van der Waals surface area contributed by atoms with E-state index in [1.54, 1.807) is 12.1 Å². The first-order valence-corrected chi connectivity index (χ1v) is 8.03. The standard InChI is InChI=1S/C19H23F2NO/c1-2-11-22(13-10-16-5-3-4-6-17(16)20)12-9-15-7-8-19(23)18(21)14-15/h3-8,14,23H,2,9-13H2,1H3. The van der Waals surface area contributed by atoms with Crippen molar-refractivity contribution in [2.75, 3.05) is 19.6 Å². The average Bonchev–Trinajstić information content (AvgIpc) is 2.54. The summed E-state index contributed by atoms with van der Waals surface area (Å²) in [6.45, 7) is 4.59. The van der Waals surface area contributed by atoms with Crippen LogP contribution in [-0.4, -0.2) is 29.6 Å². The summed E-state index contributed by atoms with van der Waals surface area (Å²) in [7, 11) is 0. The molecule has 0 unspecified atom stereocenters. The Balaban J connectivity index is 1.90. The topological polar surface area (TPSA) is 23.5 Å². The summed E-state index contributed by atoms with van der Waals surface area (Å²) >= 11 is 0. The van der Waals surface area contributed by atoms with Gasteiger partial charge in [0.1, 0.15) is 5.82 Å². The first-order valence-electron chi connectivity index (χ1n) is 8.03. The number of hydrogen-bond acceptors (Lipinski definition) is 2. The fourth-order valence-corrected chi connectivity index (χ4v) is 2.62. The minimum atomic E-state index is -0.587. The summed E-state index contributed by atoms with van der Waals surface area (Å²) < 4.78 is 27.0. The Morgan fingerprint density at radius 3 is 2.35 bits per heavy atom. The third-order valence-electron chi connectivity index (χ3n) is 3.92. The lowest BCUT2D eigenvalue weighted by molar-refractivity contribution is 0.279. The van der Waals surface area contributed by atoms with Crippen molar-refractivity contribution in [1.82, 2.24) is 4.90 Å².